The van der Waals surface area contributed by atoms with E-state index in [4.69, 9.17) is 13.9 Å². The van der Waals surface area contributed by atoms with Crippen molar-refractivity contribution in [2.24, 2.45) is 0 Å². The van der Waals surface area contributed by atoms with E-state index >= 15 is 0 Å². The Balaban J connectivity index is 1.45. The highest BCUT2D eigenvalue weighted by atomic mass is 16.5. The van der Waals surface area contributed by atoms with E-state index in [9.17, 15) is 4.79 Å². The Labute approximate surface area is 152 Å². The molecule has 0 saturated heterocycles. The van der Waals surface area contributed by atoms with Crippen molar-refractivity contribution in [3.8, 4) is 11.5 Å². The number of rotatable bonds is 7. The molecule has 0 aliphatic heterocycles. The van der Waals surface area contributed by atoms with E-state index < -0.39 is 0 Å². The third-order valence-corrected chi connectivity index (χ3v) is 3.93. The summed E-state index contributed by atoms with van der Waals surface area (Å²) < 4.78 is 16.6. The van der Waals surface area contributed by atoms with Crippen molar-refractivity contribution >= 4 is 17.0 Å². The second-order valence-corrected chi connectivity index (χ2v) is 5.81. The summed E-state index contributed by atoms with van der Waals surface area (Å²) in [5.41, 5.74) is 0.807. The Kier molecular flexibility index (Phi) is 5.63. The molecule has 6 nitrogen and oxygen atoms in total. The highest BCUT2D eigenvalue weighted by Crippen LogP contribution is 2.25. The summed E-state index contributed by atoms with van der Waals surface area (Å²) in [5, 5.41) is 6.64. The lowest BCUT2D eigenvalue weighted by molar-refractivity contribution is 0.231. The average molecular weight is 354 g/mol. The zero-order valence-corrected chi connectivity index (χ0v) is 14.8. The van der Waals surface area contributed by atoms with Crippen LogP contribution < -0.4 is 20.1 Å². The fourth-order valence-corrected chi connectivity index (χ4v) is 2.60. The minimum absolute atomic E-state index is 0.238. The summed E-state index contributed by atoms with van der Waals surface area (Å²) in [6, 6.07) is 16.6. The van der Waals surface area contributed by atoms with Gasteiger partial charge >= 0.3 is 6.03 Å². The van der Waals surface area contributed by atoms with Gasteiger partial charge in [0.1, 0.15) is 18.0 Å². The molecule has 0 bridgehead atoms. The minimum Gasteiger partial charge on any atom is -0.493 e. The summed E-state index contributed by atoms with van der Waals surface area (Å²) >= 11 is 0. The van der Waals surface area contributed by atoms with Crippen LogP contribution in [-0.2, 0) is 0 Å². The van der Waals surface area contributed by atoms with Gasteiger partial charge in [0.05, 0.1) is 19.7 Å². The molecule has 0 saturated carbocycles. The number of nitrogens with one attached hydrogen (secondary N) is 2. The van der Waals surface area contributed by atoms with E-state index in [1.165, 1.54) is 0 Å². The van der Waals surface area contributed by atoms with Gasteiger partial charge in [0.15, 0.2) is 11.5 Å². The SMILES string of the molecule is COc1ccccc1OCCNC(=O)N[C@@H](C)c1cc2ccccc2o1. The Bertz CT molecular complexity index is 842. The molecule has 6 heteroatoms. The zero-order valence-electron chi connectivity index (χ0n) is 14.8. The fraction of sp³-hybridized carbons (Fsp3) is 0.250. The number of hydrogen-bond donors (Lipinski definition) is 2. The van der Waals surface area contributed by atoms with Crippen molar-refractivity contribution in [3.63, 3.8) is 0 Å². The Morgan fingerprint density at radius 2 is 1.85 bits per heavy atom. The summed E-state index contributed by atoms with van der Waals surface area (Å²) in [6.07, 6.45) is 0. The molecule has 0 aliphatic carbocycles. The van der Waals surface area contributed by atoms with Crippen LogP contribution in [0.2, 0.25) is 0 Å². The first-order chi connectivity index (χ1) is 12.7. The van der Waals surface area contributed by atoms with Crippen molar-refractivity contribution in [2.45, 2.75) is 13.0 Å². The lowest BCUT2D eigenvalue weighted by Crippen LogP contribution is -2.38. The fourth-order valence-electron chi connectivity index (χ4n) is 2.60. The first-order valence-corrected chi connectivity index (χ1v) is 8.46. The summed E-state index contributed by atoms with van der Waals surface area (Å²) in [4.78, 5) is 12.0. The smallest absolute Gasteiger partial charge is 0.315 e. The molecule has 2 amide bonds. The number of fused-ring (bicyclic) bond motifs is 1. The molecule has 3 aromatic rings. The van der Waals surface area contributed by atoms with Crippen LogP contribution in [0.1, 0.15) is 18.7 Å². The van der Waals surface area contributed by atoms with Gasteiger partial charge in [0, 0.05) is 5.39 Å². The van der Waals surface area contributed by atoms with Crippen molar-refractivity contribution < 1.29 is 18.7 Å². The van der Waals surface area contributed by atoms with Crippen LogP contribution in [0.5, 0.6) is 11.5 Å². The average Bonchev–Trinajstić information content (AvgIpc) is 3.10. The molecular formula is C20H22N2O4. The summed E-state index contributed by atoms with van der Waals surface area (Å²) in [5.74, 6) is 2.02. The normalized spacial score (nSPS) is 11.8. The van der Waals surface area contributed by atoms with Crippen LogP contribution in [0.4, 0.5) is 4.79 Å². The largest absolute Gasteiger partial charge is 0.493 e. The number of benzene rings is 2. The van der Waals surface area contributed by atoms with Gasteiger partial charge in [-0.3, -0.25) is 0 Å². The third-order valence-electron chi connectivity index (χ3n) is 3.93. The maximum absolute atomic E-state index is 12.0. The topological polar surface area (TPSA) is 72.7 Å². The highest BCUT2D eigenvalue weighted by molar-refractivity contribution is 5.78. The first kappa shape index (κ1) is 17.7. The molecule has 136 valence electrons. The third kappa shape index (κ3) is 4.27. The highest BCUT2D eigenvalue weighted by Gasteiger charge is 2.13. The number of methoxy groups -OCH3 is 1. The van der Waals surface area contributed by atoms with Gasteiger partial charge in [0.25, 0.3) is 0 Å². The summed E-state index contributed by atoms with van der Waals surface area (Å²) in [6.45, 7) is 2.59. The predicted molar refractivity (Wildman–Crippen MR) is 99.7 cm³/mol. The van der Waals surface area contributed by atoms with Gasteiger partial charge < -0.3 is 24.5 Å². The monoisotopic (exact) mass is 354 g/mol. The number of urea groups is 1. The quantitative estimate of drug-likeness (QED) is 0.632. The Morgan fingerprint density at radius 3 is 2.62 bits per heavy atom. The molecule has 1 aromatic heterocycles. The van der Waals surface area contributed by atoms with Crippen LogP contribution in [-0.4, -0.2) is 26.3 Å². The van der Waals surface area contributed by atoms with Crippen molar-refractivity contribution in [1.82, 2.24) is 10.6 Å². The minimum atomic E-state index is -0.276. The molecule has 0 radical (unpaired) electrons. The van der Waals surface area contributed by atoms with E-state index in [0.717, 1.165) is 11.0 Å². The second kappa shape index (κ2) is 8.29. The maximum Gasteiger partial charge on any atom is 0.315 e. The van der Waals surface area contributed by atoms with Gasteiger partial charge in [-0.25, -0.2) is 4.79 Å². The number of amides is 2. The Morgan fingerprint density at radius 1 is 1.12 bits per heavy atom. The maximum atomic E-state index is 12.0. The van der Waals surface area contributed by atoms with Crippen LogP contribution in [0.15, 0.2) is 59.0 Å². The first-order valence-electron chi connectivity index (χ1n) is 8.46. The van der Waals surface area contributed by atoms with Gasteiger partial charge in [-0.2, -0.15) is 0 Å². The predicted octanol–water partition coefficient (Wildman–Crippen LogP) is 3.88. The molecular weight excluding hydrogens is 332 g/mol. The van der Waals surface area contributed by atoms with Crippen molar-refractivity contribution in [1.29, 1.82) is 0 Å². The number of carbonyl (C=O) groups is 1. The van der Waals surface area contributed by atoms with Crippen LogP contribution in [0.25, 0.3) is 11.0 Å². The van der Waals surface area contributed by atoms with Crippen LogP contribution in [0.3, 0.4) is 0 Å². The molecule has 26 heavy (non-hydrogen) atoms. The van der Waals surface area contributed by atoms with Gasteiger partial charge in [-0.15, -0.1) is 0 Å². The lowest BCUT2D eigenvalue weighted by Gasteiger charge is -2.13. The lowest BCUT2D eigenvalue weighted by atomic mass is 10.2. The molecule has 1 atom stereocenters. The molecule has 0 aliphatic rings. The number of furan rings is 1. The molecule has 0 spiro atoms. The second-order valence-electron chi connectivity index (χ2n) is 5.81. The number of carbonyl (C=O) groups excluding carboxylic acids is 1. The van der Waals surface area contributed by atoms with Crippen molar-refractivity contribution in [2.75, 3.05) is 20.3 Å². The van der Waals surface area contributed by atoms with Gasteiger partial charge in [-0.1, -0.05) is 30.3 Å². The van der Waals surface area contributed by atoms with Gasteiger partial charge in [0.2, 0.25) is 0 Å². The molecule has 3 rings (SSSR count). The Hall–Kier alpha value is -3.15. The number of hydrogen-bond acceptors (Lipinski definition) is 4. The summed E-state index contributed by atoms with van der Waals surface area (Å²) in [7, 11) is 1.59. The standard InChI is InChI=1S/C20H22N2O4/c1-14(19-13-15-7-3-4-8-16(15)26-19)22-20(23)21-11-12-25-18-10-6-5-9-17(18)24-2/h3-10,13-14H,11-12H2,1-2H3,(H2,21,22,23)/t14-/m0/s1. The van der Waals surface area contributed by atoms with Crippen molar-refractivity contribution in [3.05, 3.63) is 60.4 Å². The molecule has 1 heterocycles. The van der Waals surface area contributed by atoms with E-state index in [1.54, 1.807) is 7.11 Å². The molecule has 2 N–H and O–H groups in total. The van der Waals surface area contributed by atoms with E-state index in [-0.39, 0.29) is 12.1 Å². The van der Waals surface area contributed by atoms with Crippen LogP contribution >= 0.6 is 0 Å². The van der Waals surface area contributed by atoms with E-state index in [1.807, 2.05) is 61.5 Å². The molecule has 0 fully saturated rings. The zero-order chi connectivity index (χ0) is 18.4. The molecule has 0 unspecified atom stereocenters. The van der Waals surface area contributed by atoms with Gasteiger partial charge in [-0.05, 0) is 31.2 Å². The van der Waals surface area contributed by atoms with E-state index in [2.05, 4.69) is 10.6 Å². The number of ether oxygens (including phenoxy) is 2. The van der Waals surface area contributed by atoms with E-state index in [0.29, 0.717) is 30.4 Å². The van der Waals surface area contributed by atoms with Crippen LogP contribution in [0, 0.1) is 0 Å². The molecule has 2 aromatic carbocycles. The number of para-hydroxylation sites is 3.